The Morgan fingerprint density at radius 3 is 2.27 bits per heavy atom. The summed E-state index contributed by atoms with van der Waals surface area (Å²) in [6.07, 6.45) is 0.337. The average Bonchev–Trinajstić information content (AvgIpc) is 2.47. The molecule has 1 N–H and O–H groups in total. The summed E-state index contributed by atoms with van der Waals surface area (Å²) in [6, 6.07) is 14.2. The minimum Gasteiger partial charge on any atom is -0.273 e. The Hall–Kier alpha value is -2.42. The second-order valence-electron chi connectivity index (χ2n) is 5.71. The van der Waals surface area contributed by atoms with Crippen molar-refractivity contribution in [1.82, 2.24) is 5.43 Å². The van der Waals surface area contributed by atoms with E-state index in [1.54, 1.807) is 0 Å². The number of nitrogens with zero attached hydrogens (tertiary/aromatic N) is 1. The molecule has 0 fully saturated rings. The van der Waals surface area contributed by atoms with Crippen LogP contribution < -0.4 is 5.43 Å². The maximum Gasteiger partial charge on any atom is 0.244 e. The molecule has 0 radical (unpaired) electrons. The zero-order valence-corrected chi connectivity index (χ0v) is 13.6. The van der Waals surface area contributed by atoms with Crippen LogP contribution in [0, 0.1) is 20.8 Å². The number of nitrogens with one attached hydrogen (secondary N) is 1. The lowest BCUT2D eigenvalue weighted by Crippen LogP contribution is -2.21. The summed E-state index contributed by atoms with van der Waals surface area (Å²) in [7, 11) is 0. The number of hydrazone groups is 1. The molecule has 0 aliphatic carbocycles. The Balaban J connectivity index is 2.00. The van der Waals surface area contributed by atoms with Crippen LogP contribution in [-0.2, 0) is 11.2 Å². The smallest absolute Gasteiger partial charge is 0.244 e. The highest BCUT2D eigenvalue weighted by molar-refractivity contribution is 6.00. The van der Waals surface area contributed by atoms with Gasteiger partial charge in [-0.05, 0) is 38.8 Å². The number of carbonyl (C=O) groups is 1. The molecule has 0 aliphatic rings. The molecule has 0 aliphatic heterocycles. The lowest BCUT2D eigenvalue weighted by atomic mass is 10.0. The van der Waals surface area contributed by atoms with Gasteiger partial charge in [-0.25, -0.2) is 5.43 Å². The van der Waals surface area contributed by atoms with Gasteiger partial charge >= 0.3 is 0 Å². The number of amides is 1. The van der Waals surface area contributed by atoms with Gasteiger partial charge in [0.1, 0.15) is 0 Å². The van der Waals surface area contributed by atoms with Crippen LogP contribution in [0.4, 0.5) is 0 Å². The first-order chi connectivity index (χ1) is 10.5. The summed E-state index contributed by atoms with van der Waals surface area (Å²) >= 11 is 0. The molecular weight excluding hydrogens is 272 g/mol. The number of carbonyl (C=O) groups excluding carboxylic acids is 1. The Labute approximate surface area is 132 Å². The van der Waals surface area contributed by atoms with Crippen LogP contribution in [0.5, 0.6) is 0 Å². The van der Waals surface area contributed by atoms with Crippen molar-refractivity contribution in [3.63, 3.8) is 0 Å². The molecule has 22 heavy (non-hydrogen) atoms. The zero-order chi connectivity index (χ0) is 16.1. The van der Waals surface area contributed by atoms with Crippen LogP contribution in [0.1, 0.15) is 34.7 Å². The maximum atomic E-state index is 12.0. The molecule has 0 aromatic heterocycles. The molecular formula is C19H22N2O. The first kappa shape index (κ1) is 16.0. The molecule has 3 nitrogen and oxygen atoms in total. The average molecular weight is 294 g/mol. The van der Waals surface area contributed by atoms with E-state index in [-0.39, 0.29) is 5.91 Å². The van der Waals surface area contributed by atoms with E-state index in [0.717, 1.165) is 22.4 Å². The fraction of sp³-hybridized carbons (Fsp3) is 0.263. The third kappa shape index (κ3) is 4.29. The molecule has 0 atom stereocenters. The highest BCUT2D eigenvalue weighted by Gasteiger charge is 2.05. The van der Waals surface area contributed by atoms with Crippen molar-refractivity contribution in [3.05, 3.63) is 70.3 Å². The number of benzene rings is 2. The van der Waals surface area contributed by atoms with Crippen molar-refractivity contribution < 1.29 is 4.79 Å². The van der Waals surface area contributed by atoms with Gasteiger partial charge in [0.2, 0.25) is 5.91 Å². The lowest BCUT2D eigenvalue weighted by Gasteiger charge is -2.07. The number of aryl methyl sites for hydroxylation is 3. The van der Waals surface area contributed by atoms with Crippen molar-refractivity contribution in [3.8, 4) is 0 Å². The normalized spacial score (nSPS) is 11.4. The molecule has 0 bridgehead atoms. The van der Waals surface area contributed by atoms with Gasteiger partial charge < -0.3 is 0 Å². The third-order valence-corrected chi connectivity index (χ3v) is 3.61. The van der Waals surface area contributed by atoms with Gasteiger partial charge in [-0.3, -0.25) is 4.79 Å². The van der Waals surface area contributed by atoms with Crippen LogP contribution >= 0.6 is 0 Å². The SMILES string of the molecule is C/C(=N/NC(=O)Cc1ccc(C)cc1)c1ccc(C)cc1C. The minimum absolute atomic E-state index is 0.104. The Bertz CT molecular complexity index is 700. The van der Waals surface area contributed by atoms with Crippen LogP contribution in [0.15, 0.2) is 47.6 Å². The molecule has 0 unspecified atom stereocenters. The van der Waals surface area contributed by atoms with Crippen molar-refractivity contribution in [2.75, 3.05) is 0 Å². The highest BCUT2D eigenvalue weighted by Crippen LogP contribution is 2.11. The van der Waals surface area contributed by atoms with Crippen LogP contribution in [0.25, 0.3) is 0 Å². The minimum atomic E-state index is -0.104. The van der Waals surface area contributed by atoms with Gasteiger partial charge in [0.05, 0.1) is 12.1 Å². The van der Waals surface area contributed by atoms with E-state index in [9.17, 15) is 4.79 Å². The Morgan fingerprint density at radius 2 is 1.64 bits per heavy atom. The fourth-order valence-corrected chi connectivity index (χ4v) is 2.36. The van der Waals surface area contributed by atoms with Gasteiger partial charge in [-0.15, -0.1) is 0 Å². The second kappa shape index (κ2) is 7.03. The fourth-order valence-electron chi connectivity index (χ4n) is 2.36. The summed E-state index contributed by atoms with van der Waals surface area (Å²) in [5.74, 6) is -0.104. The highest BCUT2D eigenvalue weighted by atomic mass is 16.2. The van der Waals surface area contributed by atoms with Gasteiger partial charge in [0.15, 0.2) is 0 Å². The monoisotopic (exact) mass is 294 g/mol. The van der Waals surface area contributed by atoms with Gasteiger partial charge in [0, 0.05) is 5.56 Å². The van der Waals surface area contributed by atoms with Crippen molar-refractivity contribution >= 4 is 11.6 Å². The predicted molar refractivity (Wildman–Crippen MR) is 91.2 cm³/mol. The Morgan fingerprint density at radius 1 is 1.00 bits per heavy atom. The van der Waals surface area contributed by atoms with E-state index < -0.39 is 0 Å². The number of hydrogen-bond acceptors (Lipinski definition) is 2. The number of hydrogen-bond donors (Lipinski definition) is 1. The molecule has 2 aromatic rings. The quantitative estimate of drug-likeness (QED) is 0.678. The zero-order valence-electron chi connectivity index (χ0n) is 13.6. The van der Waals surface area contributed by atoms with E-state index in [0.29, 0.717) is 6.42 Å². The van der Waals surface area contributed by atoms with E-state index >= 15 is 0 Å². The summed E-state index contributed by atoms with van der Waals surface area (Å²) in [6.45, 7) is 8.05. The molecule has 0 spiro atoms. The molecule has 0 saturated heterocycles. The molecule has 0 heterocycles. The summed E-state index contributed by atoms with van der Waals surface area (Å²) in [4.78, 5) is 12.0. The molecule has 2 aromatic carbocycles. The number of rotatable bonds is 4. The largest absolute Gasteiger partial charge is 0.273 e. The third-order valence-electron chi connectivity index (χ3n) is 3.61. The summed E-state index contributed by atoms with van der Waals surface area (Å²) in [5.41, 5.74) is 9.06. The van der Waals surface area contributed by atoms with E-state index in [2.05, 4.69) is 36.5 Å². The summed E-state index contributed by atoms with van der Waals surface area (Å²) < 4.78 is 0. The molecule has 1 amide bonds. The summed E-state index contributed by atoms with van der Waals surface area (Å²) in [5, 5.41) is 4.22. The van der Waals surface area contributed by atoms with Crippen molar-refractivity contribution in [1.29, 1.82) is 0 Å². The first-order valence-corrected chi connectivity index (χ1v) is 7.42. The lowest BCUT2D eigenvalue weighted by molar-refractivity contribution is -0.120. The molecule has 114 valence electrons. The first-order valence-electron chi connectivity index (χ1n) is 7.42. The maximum absolute atomic E-state index is 12.0. The molecule has 3 heteroatoms. The molecule has 2 rings (SSSR count). The van der Waals surface area contributed by atoms with E-state index in [1.807, 2.05) is 44.2 Å². The van der Waals surface area contributed by atoms with E-state index in [4.69, 9.17) is 0 Å². The van der Waals surface area contributed by atoms with Crippen LogP contribution in [0.2, 0.25) is 0 Å². The Kier molecular flexibility index (Phi) is 5.10. The topological polar surface area (TPSA) is 41.5 Å². The van der Waals surface area contributed by atoms with Gasteiger partial charge in [-0.1, -0.05) is 53.6 Å². The standard InChI is InChI=1S/C19H22N2O/c1-13-5-8-17(9-6-13)12-19(22)21-20-16(4)18-10-7-14(2)11-15(18)3/h5-11H,12H2,1-4H3,(H,21,22)/b20-16-. The van der Waals surface area contributed by atoms with E-state index in [1.165, 1.54) is 11.1 Å². The second-order valence-corrected chi connectivity index (χ2v) is 5.71. The van der Waals surface area contributed by atoms with Gasteiger partial charge in [-0.2, -0.15) is 5.10 Å². The van der Waals surface area contributed by atoms with Crippen molar-refractivity contribution in [2.45, 2.75) is 34.1 Å². The van der Waals surface area contributed by atoms with Crippen LogP contribution in [0.3, 0.4) is 0 Å². The van der Waals surface area contributed by atoms with Crippen molar-refractivity contribution in [2.24, 2.45) is 5.10 Å². The predicted octanol–water partition coefficient (Wildman–Crippen LogP) is 3.69. The van der Waals surface area contributed by atoms with Gasteiger partial charge in [0.25, 0.3) is 0 Å². The van der Waals surface area contributed by atoms with Crippen LogP contribution in [-0.4, -0.2) is 11.6 Å². The molecule has 0 saturated carbocycles.